The minimum atomic E-state index is -1.42. The monoisotopic (exact) mass is 920 g/mol. The van der Waals surface area contributed by atoms with Crippen LogP contribution in [-0.4, -0.2) is 57.3 Å². The third kappa shape index (κ3) is 47.9. The van der Waals surface area contributed by atoms with Crippen LogP contribution in [0.3, 0.4) is 0 Å². The van der Waals surface area contributed by atoms with Crippen molar-refractivity contribution in [3.63, 3.8) is 0 Å². The second kappa shape index (κ2) is 54.0. The van der Waals surface area contributed by atoms with Crippen LogP contribution in [0.1, 0.15) is 328 Å². The van der Waals surface area contributed by atoms with Crippen LogP contribution in [0.2, 0.25) is 0 Å². The molecule has 0 aromatic carbocycles. The lowest BCUT2D eigenvalue weighted by Gasteiger charge is -2.29. The lowest BCUT2D eigenvalue weighted by atomic mass is 9.97. The third-order valence-electron chi connectivity index (χ3n) is 14.2. The number of hydrogen-bond acceptors (Lipinski definition) is 5. The standard InChI is InChI=1S/C59H117NO5/c1-3-5-7-9-11-13-15-17-19-21-23-25-26-27-28-29-30-31-33-34-36-38-40-42-44-46-48-50-52-56(62)59(65)58(64)55(54-61)60-57(63)53-51-49-47-45-43-41-39-37-35-32-24-22-20-18-16-14-12-10-8-6-4-2/h43,45,55-56,58-59,61-62,64-65H,3-42,44,46-54H2,1-2H3,(H,60,63)/b45-43+/t55-,56+,58-,59+/m0/s1. The Bertz CT molecular complexity index is 944. The maximum absolute atomic E-state index is 12.5. The maximum atomic E-state index is 12.5. The van der Waals surface area contributed by atoms with E-state index in [1.165, 1.54) is 257 Å². The van der Waals surface area contributed by atoms with Crippen LogP contribution in [0.4, 0.5) is 0 Å². The molecule has 6 nitrogen and oxygen atoms in total. The summed E-state index contributed by atoms with van der Waals surface area (Å²) in [6.07, 6.45) is 63.8. The van der Waals surface area contributed by atoms with Crippen molar-refractivity contribution in [3.8, 4) is 0 Å². The number of aliphatic hydroxyl groups is 4. The second-order valence-electron chi connectivity index (χ2n) is 20.7. The highest BCUT2D eigenvalue weighted by atomic mass is 16.4. The summed E-state index contributed by atoms with van der Waals surface area (Å²) in [6.45, 7) is 4.09. The molecule has 0 bridgehead atoms. The van der Waals surface area contributed by atoms with Crippen LogP contribution >= 0.6 is 0 Å². The molecule has 5 N–H and O–H groups in total. The first kappa shape index (κ1) is 64.0. The average molecular weight is 921 g/mol. The molecule has 0 saturated carbocycles. The zero-order chi connectivity index (χ0) is 47.4. The average Bonchev–Trinajstić information content (AvgIpc) is 3.31. The minimum absolute atomic E-state index is 0.243. The Balaban J connectivity index is 3.59. The van der Waals surface area contributed by atoms with E-state index in [1.54, 1.807) is 0 Å². The number of rotatable bonds is 55. The van der Waals surface area contributed by atoms with Gasteiger partial charge in [-0.05, 0) is 38.5 Å². The van der Waals surface area contributed by atoms with Crippen LogP contribution in [0.25, 0.3) is 0 Å². The summed E-state index contributed by atoms with van der Waals surface area (Å²) >= 11 is 0. The van der Waals surface area contributed by atoms with Gasteiger partial charge in [-0.15, -0.1) is 0 Å². The molecule has 0 fully saturated rings. The van der Waals surface area contributed by atoms with Crippen molar-refractivity contribution in [2.75, 3.05) is 6.61 Å². The van der Waals surface area contributed by atoms with Crippen LogP contribution < -0.4 is 5.32 Å². The molecule has 0 radical (unpaired) electrons. The number of amides is 1. The molecule has 0 heterocycles. The summed E-state index contributed by atoms with van der Waals surface area (Å²) in [4.78, 5) is 12.5. The minimum Gasteiger partial charge on any atom is -0.394 e. The summed E-state index contributed by atoms with van der Waals surface area (Å²) in [5.74, 6) is -0.243. The molecule has 65 heavy (non-hydrogen) atoms. The van der Waals surface area contributed by atoms with Crippen LogP contribution in [-0.2, 0) is 4.79 Å². The molecule has 0 unspecified atom stereocenters. The maximum Gasteiger partial charge on any atom is 0.220 e. The van der Waals surface area contributed by atoms with Gasteiger partial charge in [-0.25, -0.2) is 0 Å². The summed E-state index contributed by atoms with van der Waals surface area (Å²) in [6, 6.07) is -0.995. The Kier molecular flexibility index (Phi) is 53.2. The van der Waals surface area contributed by atoms with Gasteiger partial charge in [0.15, 0.2) is 0 Å². The van der Waals surface area contributed by atoms with Gasteiger partial charge in [-0.3, -0.25) is 4.79 Å². The molecule has 0 spiro atoms. The zero-order valence-electron chi connectivity index (χ0n) is 44.0. The van der Waals surface area contributed by atoms with Gasteiger partial charge in [0.05, 0.1) is 18.8 Å². The quantitative estimate of drug-likeness (QED) is 0.0308. The van der Waals surface area contributed by atoms with Crippen molar-refractivity contribution in [1.82, 2.24) is 5.32 Å². The number of allylic oxidation sites excluding steroid dienone is 2. The Labute approximate surface area is 406 Å². The van der Waals surface area contributed by atoms with Crippen LogP contribution in [0, 0.1) is 0 Å². The van der Waals surface area contributed by atoms with E-state index in [2.05, 4.69) is 31.3 Å². The number of carbonyl (C=O) groups excluding carboxylic acids is 1. The normalized spacial score (nSPS) is 13.8. The van der Waals surface area contributed by atoms with Crippen molar-refractivity contribution in [1.29, 1.82) is 0 Å². The summed E-state index contributed by atoms with van der Waals surface area (Å²) < 4.78 is 0. The van der Waals surface area contributed by atoms with Gasteiger partial charge in [0, 0.05) is 6.42 Å². The molecular weight excluding hydrogens is 803 g/mol. The van der Waals surface area contributed by atoms with E-state index in [1.807, 2.05) is 0 Å². The van der Waals surface area contributed by atoms with E-state index in [4.69, 9.17) is 0 Å². The van der Waals surface area contributed by atoms with Gasteiger partial charge in [0.1, 0.15) is 12.2 Å². The molecule has 0 aliphatic carbocycles. The van der Waals surface area contributed by atoms with Crippen molar-refractivity contribution < 1.29 is 25.2 Å². The Morgan fingerprint density at radius 2 is 0.631 bits per heavy atom. The SMILES string of the molecule is CCCCCCCCCCCCCCCCC/C=C/CCCCC(=O)N[C@@H](CO)[C@H](O)[C@H](O)[C@H](O)CCCCCCCCCCCCCCCCCCCCCCCCCCCCCC. The topological polar surface area (TPSA) is 110 Å². The van der Waals surface area contributed by atoms with E-state index < -0.39 is 31.0 Å². The fraction of sp³-hybridized carbons (Fsp3) is 0.949. The molecule has 0 aromatic heterocycles. The second-order valence-corrected chi connectivity index (χ2v) is 20.7. The number of aliphatic hydroxyl groups excluding tert-OH is 4. The van der Waals surface area contributed by atoms with E-state index in [9.17, 15) is 25.2 Å². The Morgan fingerprint density at radius 3 is 0.923 bits per heavy atom. The van der Waals surface area contributed by atoms with E-state index in [0.29, 0.717) is 12.8 Å². The first-order chi connectivity index (χ1) is 32.0. The first-order valence-electron chi connectivity index (χ1n) is 29.6. The molecule has 0 aromatic rings. The molecule has 0 rings (SSSR count). The lowest BCUT2D eigenvalue weighted by molar-refractivity contribution is -0.126. The van der Waals surface area contributed by atoms with E-state index >= 15 is 0 Å². The van der Waals surface area contributed by atoms with Crippen molar-refractivity contribution in [2.24, 2.45) is 0 Å². The fourth-order valence-electron chi connectivity index (χ4n) is 9.59. The zero-order valence-corrected chi connectivity index (χ0v) is 44.0. The molecule has 0 saturated heterocycles. The van der Waals surface area contributed by atoms with Crippen molar-refractivity contribution in [3.05, 3.63) is 12.2 Å². The number of hydrogen-bond donors (Lipinski definition) is 5. The first-order valence-corrected chi connectivity index (χ1v) is 29.6. The van der Waals surface area contributed by atoms with E-state index in [-0.39, 0.29) is 5.91 Å². The predicted octanol–water partition coefficient (Wildman–Crippen LogP) is 17.3. The highest BCUT2D eigenvalue weighted by Crippen LogP contribution is 2.19. The third-order valence-corrected chi connectivity index (χ3v) is 14.2. The number of nitrogens with one attached hydrogen (secondary N) is 1. The smallest absolute Gasteiger partial charge is 0.220 e. The lowest BCUT2D eigenvalue weighted by Crippen LogP contribution is -2.53. The predicted molar refractivity (Wildman–Crippen MR) is 284 cm³/mol. The number of unbranched alkanes of at least 4 members (excludes halogenated alkanes) is 44. The molecule has 1 amide bonds. The Hall–Kier alpha value is -0.950. The highest BCUT2D eigenvalue weighted by molar-refractivity contribution is 5.76. The van der Waals surface area contributed by atoms with Gasteiger partial charge < -0.3 is 25.7 Å². The van der Waals surface area contributed by atoms with Crippen LogP contribution in [0.5, 0.6) is 0 Å². The summed E-state index contributed by atoms with van der Waals surface area (Å²) in [5, 5.41) is 44.3. The van der Waals surface area contributed by atoms with Gasteiger partial charge >= 0.3 is 0 Å². The summed E-state index contributed by atoms with van der Waals surface area (Å²) in [5.41, 5.74) is 0. The molecule has 6 heteroatoms. The van der Waals surface area contributed by atoms with Gasteiger partial charge in [0.2, 0.25) is 5.91 Å². The van der Waals surface area contributed by atoms with Crippen molar-refractivity contribution in [2.45, 2.75) is 353 Å². The molecule has 0 aliphatic rings. The molecule has 4 atom stereocenters. The van der Waals surface area contributed by atoms with Gasteiger partial charge in [0.25, 0.3) is 0 Å². The van der Waals surface area contributed by atoms with Crippen molar-refractivity contribution >= 4 is 5.91 Å². The van der Waals surface area contributed by atoms with Gasteiger partial charge in [-0.2, -0.15) is 0 Å². The fourth-order valence-corrected chi connectivity index (χ4v) is 9.59. The summed E-state index contributed by atoms with van der Waals surface area (Å²) in [7, 11) is 0. The Morgan fingerprint density at radius 1 is 0.369 bits per heavy atom. The molecular formula is C59H117NO5. The number of carbonyl (C=O) groups is 1. The van der Waals surface area contributed by atoms with Crippen LogP contribution in [0.15, 0.2) is 12.2 Å². The largest absolute Gasteiger partial charge is 0.394 e. The molecule has 0 aliphatic heterocycles. The highest BCUT2D eigenvalue weighted by Gasteiger charge is 2.31. The van der Waals surface area contributed by atoms with E-state index in [0.717, 1.165) is 44.9 Å². The molecule has 388 valence electrons. The van der Waals surface area contributed by atoms with Gasteiger partial charge in [-0.1, -0.05) is 296 Å².